The summed E-state index contributed by atoms with van der Waals surface area (Å²) in [5.41, 5.74) is 1.09. The average Bonchev–Trinajstić information content (AvgIpc) is 3.37. The van der Waals surface area contributed by atoms with Gasteiger partial charge in [0.1, 0.15) is 6.04 Å². The number of nitrogens with zero attached hydrogens (tertiary/aromatic N) is 1. The fourth-order valence-electron chi connectivity index (χ4n) is 4.04. The monoisotopic (exact) mass is 482 g/mol. The third-order valence-electron chi connectivity index (χ3n) is 5.54. The van der Waals surface area contributed by atoms with Crippen molar-refractivity contribution in [3.05, 3.63) is 35.9 Å². The molecule has 2 aliphatic heterocycles. The number of carbonyl (C=O) groups excluding carboxylic acids is 2. The lowest BCUT2D eigenvalue weighted by Gasteiger charge is -2.29. The van der Waals surface area contributed by atoms with Crippen LogP contribution in [0.4, 0.5) is 4.79 Å². The van der Waals surface area contributed by atoms with Crippen LogP contribution in [0.2, 0.25) is 0 Å². The molecular weight excluding hydrogens is 452 g/mol. The standard InChI is InChI=1S/C22H30N2O6S2/c1-3-29-20(26)17(10-9-16-7-5-4-6-8-16)23-15(2)19(25)24-14-22(31-11-12-32-22)13-18(24)30-21(27)28/h4-8,15,17-18,23H,3,9-14H2,1-2H3,(H,27,28)/t15-,17-,18-/m0/s1. The van der Waals surface area contributed by atoms with Crippen LogP contribution in [-0.4, -0.2) is 75.1 Å². The van der Waals surface area contributed by atoms with Gasteiger partial charge in [-0.05, 0) is 32.3 Å². The Hall–Kier alpha value is -1.91. The lowest BCUT2D eigenvalue weighted by atomic mass is 10.0. The third-order valence-corrected chi connectivity index (χ3v) is 8.96. The molecule has 1 spiro atoms. The van der Waals surface area contributed by atoms with E-state index in [-0.39, 0.29) is 16.6 Å². The van der Waals surface area contributed by atoms with Crippen molar-refractivity contribution < 1.29 is 29.0 Å². The number of benzene rings is 1. The number of thioether (sulfide) groups is 2. The molecule has 2 aliphatic rings. The Labute approximate surface area is 196 Å². The lowest BCUT2D eigenvalue weighted by molar-refractivity contribution is -0.147. The van der Waals surface area contributed by atoms with Crippen molar-refractivity contribution >= 4 is 41.6 Å². The highest BCUT2D eigenvalue weighted by Gasteiger charge is 2.51. The minimum atomic E-state index is -1.40. The van der Waals surface area contributed by atoms with Crippen LogP contribution in [0.3, 0.4) is 0 Å². The molecule has 0 radical (unpaired) electrons. The third kappa shape index (κ3) is 6.32. The first-order chi connectivity index (χ1) is 15.3. The predicted octanol–water partition coefficient (Wildman–Crippen LogP) is 2.96. The normalized spacial score (nSPS) is 21.3. The minimum absolute atomic E-state index is 0.233. The van der Waals surface area contributed by atoms with E-state index in [0.29, 0.717) is 25.8 Å². The highest BCUT2D eigenvalue weighted by molar-refractivity contribution is 8.21. The Morgan fingerprint density at radius 3 is 2.56 bits per heavy atom. The summed E-state index contributed by atoms with van der Waals surface area (Å²) >= 11 is 3.50. The van der Waals surface area contributed by atoms with Gasteiger partial charge in [0.05, 0.1) is 16.7 Å². The van der Waals surface area contributed by atoms with Crippen LogP contribution in [0.25, 0.3) is 0 Å². The van der Waals surface area contributed by atoms with E-state index in [1.807, 2.05) is 30.3 Å². The maximum Gasteiger partial charge on any atom is 0.507 e. The fraction of sp³-hybridized carbons (Fsp3) is 0.591. The molecule has 0 aromatic heterocycles. The molecular formula is C22H30N2O6S2. The zero-order valence-corrected chi connectivity index (χ0v) is 20.0. The Morgan fingerprint density at radius 2 is 1.94 bits per heavy atom. The number of amides is 1. The summed E-state index contributed by atoms with van der Waals surface area (Å²) in [6.45, 7) is 4.10. The highest BCUT2D eigenvalue weighted by Crippen LogP contribution is 2.52. The molecule has 0 unspecified atom stereocenters. The molecule has 0 aliphatic carbocycles. The van der Waals surface area contributed by atoms with Gasteiger partial charge < -0.3 is 19.5 Å². The summed E-state index contributed by atoms with van der Waals surface area (Å²) in [6.07, 6.45) is -0.630. The molecule has 32 heavy (non-hydrogen) atoms. The largest absolute Gasteiger partial charge is 0.507 e. The molecule has 2 N–H and O–H groups in total. The molecule has 2 fully saturated rings. The number of likely N-dealkylation sites (tertiary alicyclic amines) is 1. The second-order valence-electron chi connectivity index (χ2n) is 7.83. The Kier molecular flexibility index (Phi) is 8.72. The number of ether oxygens (including phenoxy) is 2. The minimum Gasteiger partial charge on any atom is -0.465 e. The van der Waals surface area contributed by atoms with Crippen LogP contribution in [-0.2, 0) is 25.5 Å². The van der Waals surface area contributed by atoms with Gasteiger partial charge in [0.25, 0.3) is 0 Å². The molecule has 2 saturated heterocycles. The summed E-state index contributed by atoms with van der Waals surface area (Å²) in [5, 5.41) is 12.3. The molecule has 3 atom stereocenters. The molecule has 0 bridgehead atoms. The lowest BCUT2D eigenvalue weighted by Crippen LogP contribution is -2.53. The van der Waals surface area contributed by atoms with E-state index in [4.69, 9.17) is 14.6 Å². The summed E-state index contributed by atoms with van der Waals surface area (Å²) < 4.78 is 10.0. The molecule has 1 aromatic rings. The van der Waals surface area contributed by atoms with Crippen molar-refractivity contribution in [2.24, 2.45) is 0 Å². The zero-order valence-electron chi connectivity index (χ0n) is 18.3. The summed E-state index contributed by atoms with van der Waals surface area (Å²) in [7, 11) is 0. The van der Waals surface area contributed by atoms with Crippen molar-refractivity contribution in [3.63, 3.8) is 0 Å². The fourth-order valence-corrected chi connectivity index (χ4v) is 7.26. The number of carbonyl (C=O) groups is 3. The number of aryl methyl sites for hydroxylation is 1. The van der Waals surface area contributed by atoms with Crippen LogP contribution in [0, 0.1) is 0 Å². The number of hydrogen-bond donors (Lipinski definition) is 2. The van der Waals surface area contributed by atoms with Gasteiger partial charge in [-0.3, -0.25) is 14.9 Å². The van der Waals surface area contributed by atoms with E-state index in [9.17, 15) is 14.4 Å². The molecule has 2 heterocycles. The topological polar surface area (TPSA) is 105 Å². The van der Waals surface area contributed by atoms with E-state index in [1.54, 1.807) is 37.4 Å². The van der Waals surface area contributed by atoms with E-state index in [0.717, 1.165) is 17.1 Å². The van der Waals surface area contributed by atoms with Crippen LogP contribution >= 0.6 is 23.5 Å². The van der Waals surface area contributed by atoms with Gasteiger partial charge in [-0.2, -0.15) is 0 Å². The van der Waals surface area contributed by atoms with Gasteiger partial charge in [-0.25, -0.2) is 4.79 Å². The molecule has 0 saturated carbocycles. The van der Waals surface area contributed by atoms with Crippen LogP contribution in [0.5, 0.6) is 0 Å². The second-order valence-corrected chi connectivity index (χ2v) is 11.0. The van der Waals surface area contributed by atoms with Crippen LogP contribution in [0.15, 0.2) is 30.3 Å². The molecule has 8 nitrogen and oxygen atoms in total. The average molecular weight is 483 g/mol. The number of carboxylic acid groups (broad SMARTS) is 1. The van der Waals surface area contributed by atoms with Crippen molar-refractivity contribution in [1.82, 2.24) is 10.2 Å². The van der Waals surface area contributed by atoms with Crippen molar-refractivity contribution in [3.8, 4) is 0 Å². The second kappa shape index (κ2) is 11.3. The molecule has 1 amide bonds. The Balaban J connectivity index is 1.67. The Morgan fingerprint density at radius 1 is 1.25 bits per heavy atom. The molecule has 10 heteroatoms. The van der Waals surface area contributed by atoms with Crippen molar-refractivity contribution in [1.29, 1.82) is 0 Å². The zero-order chi connectivity index (χ0) is 23.1. The summed E-state index contributed by atoms with van der Waals surface area (Å²) in [5.74, 6) is 1.24. The molecule has 176 valence electrons. The summed E-state index contributed by atoms with van der Waals surface area (Å²) in [6, 6.07) is 8.45. The van der Waals surface area contributed by atoms with Gasteiger partial charge in [0.15, 0.2) is 6.23 Å². The summed E-state index contributed by atoms with van der Waals surface area (Å²) in [4.78, 5) is 38.5. The van der Waals surface area contributed by atoms with Gasteiger partial charge >= 0.3 is 12.1 Å². The number of hydrogen-bond acceptors (Lipinski definition) is 8. The van der Waals surface area contributed by atoms with Gasteiger partial charge in [-0.15, -0.1) is 23.5 Å². The van der Waals surface area contributed by atoms with Crippen LogP contribution in [0.1, 0.15) is 32.3 Å². The van der Waals surface area contributed by atoms with Crippen molar-refractivity contribution in [2.75, 3.05) is 24.7 Å². The van der Waals surface area contributed by atoms with Gasteiger partial charge in [-0.1, -0.05) is 30.3 Å². The predicted molar refractivity (Wildman–Crippen MR) is 125 cm³/mol. The quantitative estimate of drug-likeness (QED) is 0.514. The Bertz CT molecular complexity index is 803. The van der Waals surface area contributed by atoms with E-state index < -0.39 is 30.4 Å². The van der Waals surface area contributed by atoms with E-state index >= 15 is 0 Å². The van der Waals surface area contributed by atoms with Crippen molar-refractivity contribution in [2.45, 2.75) is 55.5 Å². The highest BCUT2D eigenvalue weighted by atomic mass is 32.2. The first kappa shape index (κ1) is 24.7. The maximum atomic E-state index is 13.3. The number of rotatable bonds is 9. The smallest absolute Gasteiger partial charge is 0.465 e. The SMILES string of the molecule is CCOC(=O)[C@H](CCc1ccccc1)N[C@@H](C)C(=O)N1CC2(C[C@@H]1OC(=O)O)SCCS2. The number of nitrogens with one attached hydrogen (secondary N) is 1. The van der Waals surface area contributed by atoms with E-state index in [2.05, 4.69) is 5.32 Å². The first-order valence-electron chi connectivity index (χ1n) is 10.8. The number of esters is 1. The molecule has 3 rings (SSSR count). The van der Waals surface area contributed by atoms with E-state index in [1.165, 1.54) is 4.90 Å². The molecule has 1 aromatic carbocycles. The first-order valence-corrected chi connectivity index (χ1v) is 12.8. The van der Waals surface area contributed by atoms with Crippen LogP contribution < -0.4 is 5.32 Å². The van der Waals surface area contributed by atoms with Gasteiger partial charge in [0, 0.05) is 24.5 Å². The maximum absolute atomic E-state index is 13.3. The van der Waals surface area contributed by atoms with Gasteiger partial charge in [0.2, 0.25) is 5.91 Å².